The van der Waals surface area contributed by atoms with E-state index in [4.69, 9.17) is 16.3 Å². The normalized spacial score (nSPS) is 13.7. The molecule has 0 saturated carbocycles. The lowest BCUT2D eigenvalue weighted by molar-refractivity contribution is -0.112. The standard InChI is InChI=1S/C15H19ClN2O2/c1-3-6-20-14-5-4-12(16)7-13(14)18-15(19)10(2)11-8-17-9-11/h4-5,7,17H,3,6,8-9H2,1-2H3,(H,18,19). The molecule has 0 atom stereocenters. The minimum Gasteiger partial charge on any atom is -0.491 e. The molecule has 5 heteroatoms. The largest absolute Gasteiger partial charge is 0.491 e. The highest BCUT2D eigenvalue weighted by atomic mass is 35.5. The third-order valence-electron chi connectivity index (χ3n) is 3.20. The summed E-state index contributed by atoms with van der Waals surface area (Å²) in [7, 11) is 0. The van der Waals surface area contributed by atoms with Crippen molar-refractivity contribution in [2.24, 2.45) is 0 Å². The zero-order valence-electron chi connectivity index (χ0n) is 11.8. The van der Waals surface area contributed by atoms with Crippen LogP contribution in [-0.2, 0) is 4.79 Å². The Morgan fingerprint density at radius 1 is 1.45 bits per heavy atom. The van der Waals surface area contributed by atoms with Crippen LogP contribution in [0.2, 0.25) is 5.02 Å². The molecule has 0 unspecified atom stereocenters. The average Bonchev–Trinajstić information content (AvgIpc) is 2.35. The van der Waals surface area contributed by atoms with Crippen molar-refractivity contribution in [1.82, 2.24) is 5.32 Å². The quantitative estimate of drug-likeness (QED) is 0.821. The Hall–Kier alpha value is -1.52. The van der Waals surface area contributed by atoms with E-state index < -0.39 is 0 Å². The lowest BCUT2D eigenvalue weighted by Crippen LogP contribution is -2.36. The maximum absolute atomic E-state index is 12.2. The number of amides is 1. The Bertz CT molecular complexity index is 535. The van der Waals surface area contributed by atoms with Gasteiger partial charge < -0.3 is 15.4 Å². The number of carbonyl (C=O) groups is 1. The predicted molar refractivity (Wildman–Crippen MR) is 81.4 cm³/mol. The Kier molecular flexibility index (Phi) is 5.04. The van der Waals surface area contributed by atoms with Gasteiger partial charge in [-0.15, -0.1) is 0 Å². The summed E-state index contributed by atoms with van der Waals surface area (Å²) >= 11 is 5.99. The van der Waals surface area contributed by atoms with Crippen LogP contribution < -0.4 is 15.4 Å². The van der Waals surface area contributed by atoms with E-state index in [9.17, 15) is 4.79 Å². The molecule has 1 fully saturated rings. The average molecular weight is 295 g/mol. The fourth-order valence-corrected chi connectivity index (χ4v) is 2.00. The molecule has 0 radical (unpaired) electrons. The number of hydrogen-bond acceptors (Lipinski definition) is 3. The third kappa shape index (κ3) is 3.52. The first-order valence-electron chi connectivity index (χ1n) is 6.75. The van der Waals surface area contributed by atoms with Gasteiger partial charge in [0.25, 0.3) is 5.91 Å². The fraction of sp³-hybridized carbons (Fsp3) is 0.400. The highest BCUT2D eigenvalue weighted by molar-refractivity contribution is 6.31. The van der Waals surface area contributed by atoms with Crippen LogP contribution in [0.4, 0.5) is 5.69 Å². The Balaban J connectivity index is 2.14. The number of hydrogen-bond donors (Lipinski definition) is 2. The summed E-state index contributed by atoms with van der Waals surface area (Å²) in [4.78, 5) is 12.2. The molecule has 1 aliphatic rings. The topological polar surface area (TPSA) is 50.4 Å². The van der Waals surface area contributed by atoms with Crippen molar-refractivity contribution in [3.63, 3.8) is 0 Å². The van der Waals surface area contributed by atoms with Crippen molar-refractivity contribution < 1.29 is 9.53 Å². The Labute approximate surface area is 124 Å². The zero-order chi connectivity index (χ0) is 14.5. The molecule has 108 valence electrons. The summed E-state index contributed by atoms with van der Waals surface area (Å²) in [6.45, 7) is 6.05. The first-order valence-corrected chi connectivity index (χ1v) is 7.12. The molecule has 1 heterocycles. The number of benzene rings is 1. The molecule has 1 amide bonds. The molecule has 1 saturated heterocycles. The lowest BCUT2D eigenvalue weighted by atomic mass is 10.0. The third-order valence-corrected chi connectivity index (χ3v) is 3.43. The minimum absolute atomic E-state index is 0.106. The van der Waals surface area contributed by atoms with E-state index >= 15 is 0 Å². The summed E-state index contributed by atoms with van der Waals surface area (Å²) < 4.78 is 5.62. The summed E-state index contributed by atoms with van der Waals surface area (Å²) in [5, 5.41) is 6.57. The van der Waals surface area contributed by atoms with E-state index in [-0.39, 0.29) is 5.91 Å². The van der Waals surface area contributed by atoms with Gasteiger partial charge in [-0.25, -0.2) is 0 Å². The number of rotatable bonds is 5. The number of nitrogens with one attached hydrogen (secondary N) is 2. The van der Waals surface area contributed by atoms with Crippen molar-refractivity contribution >= 4 is 23.2 Å². The van der Waals surface area contributed by atoms with Crippen LogP contribution in [0, 0.1) is 0 Å². The molecular formula is C15H19ClN2O2. The van der Waals surface area contributed by atoms with Gasteiger partial charge in [0, 0.05) is 23.7 Å². The highest BCUT2D eigenvalue weighted by Gasteiger charge is 2.17. The van der Waals surface area contributed by atoms with Crippen LogP contribution in [-0.4, -0.2) is 25.6 Å². The van der Waals surface area contributed by atoms with Gasteiger partial charge in [0.1, 0.15) is 5.75 Å². The maximum Gasteiger partial charge on any atom is 0.251 e. The summed E-state index contributed by atoms with van der Waals surface area (Å²) in [6, 6.07) is 5.24. The summed E-state index contributed by atoms with van der Waals surface area (Å²) in [5.41, 5.74) is 2.51. The van der Waals surface area contributed by atoms with Gasteiger partial charge in [-0.05, 0) is 37.1 Å². The molecular weight excluding hydrogens is 276 g/mol. The van der Waals surface area contributed by atoms with Gasteiger partial charge in [0.2, 0.25) is 0 Å². The molecule has 0 spiro atoms. The molecule has 1 aromatic rings. The van der Waals surface area contributed by atoms with Gasteiger partial charge in [0.15, 0.2) is 0 Å². The number of carbonyl (C=O) groups excluding carboxylic acids is 1. The molecule has 4 nitrogen and oxygen atoms in total. The van der Waals surface area contributed by atoms with E-state index in [2.05, 4.69) is 10.6 Å². The second-order valence-corrected chi connectivity index (χ2v) is 5.21. The van der Waals surface area contributed by atoms with Gasteiger partial charge in [-0.1, -0.05) is 18.5 Å². The van der Waals surface area contributed by atoms with Gasteiger partial charge in [-0.2, -0.15) is 0 Å². The zero-order valence-corrected chi connectivity index (χ0v) is 12.5. The molecule has 0 aromatic heterocycles. The van der Waals surface area contributed by atoms with Gasteiger partial charge >= 0.3 is 0 Å². The van der Waals surface area contributed by atoms with E-state index in [0.717, 1.165) is 30.7 Å². The van der Waals surface area contributed by atoms with Gasteiger partial charge in [-0.3, -0.25) is 4.79 Å². The minimum atomic E-state index is -0.106. The lowest BCUT2D eigenvalue weighted by Gasteiger charge is -2.21. The summed E-state index contributed by atoms with van der Waals surface area (Å²) in [6.07, 6.45) is 0.908. The molecule has 20 heavy (non-hydrogen) atoms. The predicted octanol–water partition coefficient (Wildman–Crippen LogP) is 2.99. The van der Waals surface area contributed by atoms with Crippen LogP contribution in [0.25, 0.3) is 0 Å². The van der Waals surface area contributed by atoms with Crippen molar-refractivity contribution in [3.8, 4) is 5.75 Å². The van der Waals surface area contributed by atoms with E-state index in [1.165, 1.54) is 0 Å². The summed E-state index contributed by atoms with van der Waals surface area (Å²) in [5.74, 6) is 0.541. The van der Waals surface area contributed by atoms with Crippen molar-refractivity contribution in [1.29, 1.82) is 0 Å². The molecule has 2 rings (SSSR count). The molecule has 2 N–H and O–H groups in total. The number of ether oxygens (including phenoxy) is 1. The first kappa shape index (κ1) is 14.9. The van der Waals surface area contributed by atoms with Crippen molar-refractivity contribution in [3.05, 3.63) is 34.4 Å². The molecule has 0 aliphatic carbocycles. The molecule has 1 aliphatic heterocycles. The monoisotopic (exact) mass is 294 g/mol. The Morgan fingerprint density at radius 2 is 2.20 bits per heavy atom. The van der Waals surface area contributed by atoms with Crippen molar-refractivity contribution in [2.45, 2.75) is 20.3 Å². The number of halogens is 1. The number of anilines is 1. The van der Waals surface area contributed by atoms with Gasteiger partial charge in [0.05, 0.1) is 12.3 Å². The second kappa shape index (κ2) is 6.77. The second-order valence-electron chi connectivity index (χ2n) is 4.78. The smallest absolute Gasteiger partial charge is 0.251 e. The maximum atomic E-state index is 12.2. The first-order chi connectivity index (χ1) is 9.61. The van der Waals surface area contributed by atoms with Crippen LogP contribution >= 0.6 is 11.6 Å². The van der Waals surface area contributed by atoms with E-state index in [0.29, 0.717) is 23.1 Å². The van der Waals surface area contributed by atoms with Crippen LogP contribution in [0.5, 0.6) is 5.75 Å². The fourth-order valence-electron chi connectivity index (χ4n) is 1.83. The highest BCUT2D eigenvalue weighted by Crippen LogP contribution is 2.28. The Morgan fingerprint density at radius 3 is 2.80 bits per heavy atom. The van der Waals surface area contributed by atoms with Crippen LogP contribution in [0.15, 0.2) is 29.3 Å². The molecule has 0 bridgehead atoms. The van der Waals surface area contributed by atoms with Crippen LogP contribution in [0.1, 0.15) is 20.3 Å². The molecule has 1 aromatic carbocycles. The SMILES string of the molecule is CCCOc1ccc(Cl)cc1NC(=O)C(C)=C1CNC1. The van der Waals surface area contributed by atoms with Crippen LogP contribution in [0.3, 0.4) is 0 Å². The van der Waals surface area contributed by atoms with E-state index in [1.54, 1.807) is 18.2 Å². The van der Waals surface area contributed by atoms with Crippen molar-refractivity contribution in [2.75, 3.05) is 25.0 Å². The van der Waals surface area contributed by atoms with E-state index in [1.807, 2.05) is 13.8 Å².